The van der Waals surface area contributed by atoms with Gasteiger partial charge >= 0.3 is 0 Å². The number of pyridine rings is 1. The van der Waals surface area contributed by atoms with Crippen LogP contribution < -0.4 is 16.2 Å². The first-order chi connectivity index (χ1) is 17.5. The van der Waals surface area contributed by atoms with E-state index in [1.165, 1.54) is 12.1 Å². The molecule has 2 amide bonds. The van der Waals surface area contributed by atoms with Crippen LogP contribution in [-0.4, -0.2) is 57.6 Å². The summed E-state index contributed by atoms with van der Waals surface area (Å²) in [6.45, 7) is 1.75. The van der Waals surface area contributed by atoms with E-state index < -0.39 is 11.7 Å². The highest BCUT2D eigenvalue weighted by atomic mass is 19.1. The number of aromatic nitrogens is 3. The van der Waals surface area contributed by atoms with Gasteiger partial charge in [0, 0.05) is 50.1 Å². The molecule has 3 aromatic rings. The Kier molecular flexibility index (Phi) is 6.75. The molecule has 0 unspecified atom stereocenters. The van der Waals surface area contributed by atoms with Crippen molar-refractivity contribution in [2.45, 2.75) is 38.1 Å². The minimum absolute atomic E-state index is 0.0346. The van der Waals surface area contributed by atoms with Gasteiger partial charge in [-0.3, -0.25) is 19.4 Å². The zero-order valence-electron chi connectivity index (χ0n) is 19.7. The number of hydrogen-bond donors (Lipinski definition) is 3. The number of piperidine rings is 1. The van der Waals surface area contributed by atoms with Crippen molar-refractivity contribution in [3.8, 4) is 0 Å². The van der Waals surface area contributed by atoms with Crippen molar-refractivity contribution in [2.75, 3.05) is 25.0 Å². The molecule has 10 heteroatoms. The first-order valence-electron chi connectivity index (χ1n) is 12.1. The van der Waals surface area contributed by atoms with Crippen molar-refractivity contribution in [3.63, 3.8) is 0 Å². The highest BCUT2D eigenvalue weighted by Crippen LogP contribution is 2.24. The Morgan fingerprint density at radius 1 is 1.19 bits per heavy atom. The molecule has 2 aromatic heterocycles. The Labute approximate surface area is 207 Å². The second kappa shape index (κ2) is 10.3. The molecule has 2 aliphatic rings. The lowest BCUT2D eigenvalue weighted by Crippen LogP contribution is -2.46. The molecule has 0 spiro atoms. The van der Waals surface area contributed by atoms with E-state index in [0.29, 0.717) is 61.2 Å². The van der Waals surface area contributed by atoms with Gasteiger partial charge in [-0.1, -0.05) is 6.07 Å². The third-order valence-electron chi connectivity index (χ3n) is 6.74. The molecule has 36 heavy (non-hydrogen) atoms. The molecule has 1 fully saturated rings. The topological polar surface area (TPSA) is 120 Å². The normalized spacial score (nSPS) is 15.6. The molecule has 3 N–H and O–H groups in total. The van der Waals surface area contributed by atoms with Crippen LogP contribution in [0.25, 0.3) is 0 Å². The summed E-state index contributed by atoms with van der Waals surface area (Å²) in [7, 11) is 0. The second-order valence-electron chi connectivity index (χ2n) is 9.16. The molecule has 0 saturated carbocycles. The predicted octanol–water partition coefficient (Wildman–Crippen LogP) is 2.29. The Hall–Kier alpha value is -4.08. The molecule has 0 atom stereocenters. The Balaban J connectivity index is 1.24. The van der Waals surface area contributed by atoms with Crippen molar-refractivity contribution in [2.24, 2.45) is 0 Å². The van der Waals surface area contributed by atoms with Gasteiger partial charge in [-0.2, -0.15) is 5.10 Å². The first kappa shape index (κ1) is 23.7. The summed E-state index contributed by atoms with van der Waals surface area (Å²) in [6, 6.07) is 7.74. The van der Waals surface area contributed by atoms with Gasteiger partial charge in [0.1, 0.15) is 5.82 Å². The Morgan fingerprint density at radius 2 is 2.03 bits per heavy atom. The fourth-order valence-corrected chi connectivity index (χ4v) is 4.79. The molecular formula is C26H27FN6O3. The maximum atomic E-state index is 14.6. The van der Waals surface area contributed by atoms with Crippen molar-refractivity contribution < 1.29 is 14.0 Å². The van der Waals surface area contributed by atoms with Gasteiger partial charge in [-0.25, -0.2) is 9.49 Å². The molecule has 0 radical (unpaired) electrons. The van der Waals surface area contributed by atoms with E-state index in [-0.39, 0.29) is 23.1 Å². The molecule has 9 nitrogen and oxygen atoms in total. The van der Waals surface area contributed by atoms with E-state index in [1.807, 2.05) is 0 Å². The fraction of sp³-hybridized carbons (Fsp3) is 0.346. The number of fused-ring (bicyclic) bond motifs is 1. The van der Waals surface area contributed by atoms with Crippen LogP contribution in [0.5, 0.6) is 0 Å². The van der Waals surface area contributed by atoms with Gasteiger partial charge in [-0.15, -0.1) is 0 Å². The monoisotopic (exact) mass is 490 g/mol. The Morgan fingerprint density at radius 3 is 2.81 bits per heavy atom. The number of carbonyl (C=O) groups is 2. The maximum Gasteiger partial charge on any atom is 0.269 e. The number of rotatable bonds is 5. The van der Waals surface area contributed by atoms with E-state index in [9.17, 15) is 18.8 Å². The number of benzene rings is 1. The summed E-state index contributed by atoms with van der Waals surface area (Å²) in [5.74, 6) is -1.17. The molecule has 5 rings (SSSR count). The SMILES string of the molecule is O=C(NC1CCN(C(=O)c2cccnc2)CC1)c1cc(Cc2n[nH]c(=O)c3c2NCCC3)ccc1F. The Bertz CT molecular complexity index is 1340. The molecule has 4 heterocycles. The third kappa shape index (κ3) is 4.98. The van der Waals surface area contributed by atoms with Crippen LogP contribution >= 0.6 is 0 Å². The fourth-order valence-electron chi connectivity index (χ4n) is 4.79. The average Bonchev–Trinajstić information content (AvgIpc) is 2.92. The highest BCUT2D eigenvalue weighted by molar-refractivity contribution is 5.95. The van der Waals surface area contributed by atoms with E-state index in [0.717, 1.165) is 18.7 Å². The summed E-state index contributed by atoms with van der Waals surface area (Å²) in [6.07, 6.45) is 6.22. The number of hydrogen-bond acceptors (Lipinski definition) is 6. The molecule has 1 saturated heterocycles. The summed E-state index contributed by atoms with van der Waals surface area (Å²) < 4.78 is 14.6. The van der Waals surface area contributed by atoms with Crippen LogP contribution in [-0.2, 0) is 12.8 Å². The number of amides is 2. The molecule has 0 aliphatic carbocycles. The third-order valence-corrected chi connectivity index (χ3v) is 6.74. The average molecular weight is 491 g/mol. The molecule has 186 valence electrons. The van der Waals surface area contributed by atoms with E-state index in [4.69, 9.17) is 0 Å². The lowest BCUT2D eigenvalue weighted by Gasteiger charge is -2.32. The summed E-state index contributed by atoms with van der Waals surface area (Å²) in [4.78, 5) is 43.4. The lowest BCUT2D eigenvalue weighted by molar-refractivity contribution is 0.0697. The van der Waals surface area contributed by atoms with Gasteiger partial charge in [0.25, 0.3) is 17.4 Å². The maximum absolute atomic E-state index is 14.6. The number of aromatic amines is 1. The van der Waals surface area contributed by atoms with Gasteiger partial charge in [0.15, 0.2) is 0 Å². The number of anilines is 1. The van der Waals surface area contributed by atoms with Crippen molar-refractivity contribution in [1.82, 2.24) is 25.4 Å². The minimum Gasteiger partial charge on any atom is -0.383 e. The molecule has 1 aromatic carbocycles. The van der Waals surface area contributed by atoms with E-state index >= 15 is 0 Å². The first-order valence-corrected chi connectivity index (χ1v) is 12.1. The standard InChI is InChI=1S/C26H27FN6O3/c27-21-6-5-16(14-22-23-19(4-2-10-29-23)25(35)32-31-22)13-20(21)24(34)30-18-7-11-33(12-8-18)26(36)17-3-1-9-28-15-17/h1,3,5-6,9,13,15,18,29H,2,4,7-8,10-12,14H2,(H,30,34)(H,32,35). The van der Waals surface area contributed by atoms with Crippen LogP contribution in [0, 0.1) is 5.82 Å². The second-order valence-corrected chi connectivity index (χ2v) is 9.16. The number of carbonyl (C=O) groups excluding carboxylic acids is 2. The van der Waals surface area contributed by atoms with Crippen LogP contribution in [0.4, 0.5) is 10.1 Å². The van der Waals surface area contributed by atoms with Gasteiger partial charge in [-0.05, 0) is 55.5 Å². The van der Waals surface area contributed by atoms with Crippen LogP contribution in [0.3, 0.4) is 0 Å². The number of halogens is 1. The molecular weight excluding hydrogens is 463 g/mol. The van der Waals surface area contributed by atoms with E-state index in [2.05, 4.69) is 25.8 Å². The summed E-state index contributed by atoms with van der Waals surface area (Å²) in [5, 5.41) is 12.9. The zero-order valence-corrected chi connectivity index (χ0v) is 19.7. The smallest absolute Gasteiger partial charge is 0.269 e. The predicted molar refractivity (Wildman–Crippen MR) is 132 cm³/mol. The number of nitrogens with one attached hydrogen (secondary N) is 3. The molecule has 0 bridgehead atoms. The van der Waals surface area contributed by atoms with Gasteiger partial charge < -0.3 is 15.5 Å². The van der Waals surface area contributed by atoms with E-state index in [1.54, 1.807) is 35.5 Å². The quantitative estimate of drug-likeness (QED) is 0.505. The van der Waals surface area contributed by atoms with Crippen molar-refractivity contribution >= 4 is 17.5 Å². The zero-order chi connectivity index (χ0) is 25.1. The minimum atomic E-state index is -0.602. The van der Waals surface area contributed by atoms with Gasteiger partial charge in [0.2, 0.25) is 0 Å². The van der Waals surface area contributed by atoms with Crippen LogP contribution in [0.2, 0.25) is 0 Å². The summed E-state index contributed by atoms with van der Waals surface area (Å²) in [5.41, 5.74) is 3.08. The van der Waals surface area contributed by atoms with Gasteiger partial charge in [0.05, 0.1) is 22.5 Å². The van der Waals surface area contributed by atoms with Crippen molar-refractivity contribution in [3.05, 3.63) is 86.8 Å². The summed E-state index contributed by atoms with van der Waals surface area (Å²) >= 11 is 0. The largest absolute Gasteiger partial charge is 0.383 e. The number of H-pyrrole nitrogens is 1. The number of nitrogens with zero attached hydrogens (tertiary/aromatic N) is 3. The number of likely N-dealkylation sites (tertiary alicyclic amines) is 1. The lowest BCUT2D eigenvalue weighted by atomic mass is 9.99. The molecule has 2 aliphatic heterocycles. The van der Waals surface area contributed by atoms with Crippen molar-refractivity contribution in [1.29, 1.82) is 0 Å². The highest BCUT2D eigenvalue weighted by Gasteiger charge is 2.26. The van der Waals surface area contributed by atoms with Crippen LogP contribution in [0.1, 0.15) is 56.8 Å². The van der Waals surface area contributed by atoms with Crippen LogP contribution in [0.15, 0.2) is 47.5 Å².